The van der Waals surface area contributed by atoms with Gasteiger partial charge in [-0.05, 0) is 13.8 Å². The SMILES string of the molecule is CC(C)NCc1cncc(N2CC(C)OC(C)C2)n1. The van der Waals surface area contributed by atoms with Crippen LogP contribution in [0.5, 0.6) is 0 Å². The Kier molecular flexibility index (Phi) is 4.71. The van der Waals surface area contributed by atoms with Crippen molar-refractivity contribution in [2.45, 2.75) is 52.5 Å². The van der Waals surface area contributed by atoms with Crippen molar-refractivity contribution in [1.29, 1.82) is 0 Å². The molecule has 0 amide bonds. The molecule has 2 rings (SSSR count). The van der Waals surface area contributed by atoms with Gasteiger partial charge in [0.25, 0.3) is 0 Å². The van der Waals surface area contributed by atoms with E-state index in [0.29, 0.717) is 6.04 Å². The minimum absolute atomic E-state index is 0.239. The average molecular weight is 264 g/mol. The van der Waals surface area contributed by atoms with Crippen LogP contribution in [-0.4, -0.2) is 41.3 Å². The largest absolute Gasteiger partial charge is 0.372 e. The van der Waals surface area contributed by atoms with Gasteiger partial charge in [0, 0.05) is 31.9 Å². The highest BCUT2D eigenvalue weighted by Gasteiger charge is 2.23. The molecule has 2 atom stereocenters. The first kappa shape index (κ1) is 14.2. The van der Waals surface area contributed by atoms with E-state index in [0.717, 1.165) is 31.1 Å². The maximum absolute atomic E-state index is 5.74. The zero-order chi connectivity index (χ0) is 13.8. The Hall–Kier alpha value is -1.20. The van der Waals surface area contributed by atoms with E-state index in [1.165, 1.54) is 0 Å². The van der Waals surface area contributed by atoms with Crippen molar-refractivity contribution in [2.75, 3.05) is 18.0 Å². The Morgan fingerprint density at radius 2 is 2.00 bits per heavy atom. The molecule has 1 aromatic rings. The smallest absolute Gasteiger partial charge is 0.147 e. The van der Waals surface area contributed by atoms with Crippen LogP contribution in [0.2, 0.25) is 0 Å². The summed E-state index contributed by atoms with van der Waals surface area (Å²) in [5.41, 5.74) is 0.984. The number of anilines is 1. The highest BCUT2D eigenvalue weighted by atomic mass is 16.5. The second kappa shape index (κ2) is 6.30. The topological polar surface area (TPSA) is 50.3 Å². The first-order valence-electron chi connectivity index (χ1n) is 6.99. The molecule has 0 aromatic carbocycles. The average Bonchev–Trinajstić information content (AvgIpc) is 2.35. The lowest BCUT2D eigenvalue weighted by Crippen LogP contribution is -2.46. The summed E-state index contributed by atoms with van der Waals surface area (Å²) in [7, 11) is 0. The summed E-state index contributed by atoms with van der Waals surface area (Å²) in [6.07, 6.45) is 4.14. The van der Waals surface area contributed by atoms with E-state index in [4.69, 9.17) is 4.74 Å². The quantitative estimate of drug-likeness (QED) is 0.895. The number of morpholine rings is 1. The van der Waals surface area contributed by atoms with Gasteiger partial charge in [0.1, 0.15) is 5.82 Å². The van der Waals surface area contributed by atoms with E-state index in [1.54, 1.807) is 0 Å². The molecule has 5 heteroatoms. The number of aromatic nitrogens is 2. The molecular formula is C14H24N4O. The predicted molar refractivity (Wildman–Crippen MR) is 76.2 cm³/mol. The van der Waals surface area contributed by atoms with E-state index in [2.05, 4.69) is 47.9 Å². The molecule has 1 N–H and O–H groups in total. The Labute approximate surface area is 115 Å². The fourth-order valence-corrected chi connectivity index (χ4v) is 2.31. The molecule has 0 bridgehead atoms. The van der Waals surface area contributed by atoms with Crippen molar-refractivity contribution in [3.8, 4) is 0 Å². The van der Waals surface area contributed by atoms with Crippen LogP contribution in [0.25, 0.3) is 0 Å². The Balaban J connectivity index is 2.05. The number of nitrogens with one attached hydrogen (secondary N) is 1. The molecule has 19 heavy (non-hydrogen) atoms. The third-order valence-corrected chi connectivity index (χ3v) is 3.11. The molecule has 0 aliphatic carbocycles. The van der Waals surface area contributed by atoms with Gasteiger partial charge in [0.2, 0.25) is 0 Å². The molecule has 106 valence electrons. The van der Waals surface area contributed by atoms with Crippen molar-refractivity contribution >= 4 is 5.82 Å². The van der Waals surface area contributed by atoms with Crippen LogP contribution in [0.3, 0.4) is 0 Å². The van der Waals surface area contributed by atoms with Gasteiger partial charge in [-0.25, -0.2) is 4.98 Å². The van der Waals surface area contributed by atoms with Crippen LogP contribution < -0.4 is 10.2 Å². The van der Waals surface area contributed by atoms with E-state index in [1.807, 2.05) is 12.4 Å². The summed E-state index contributed by atoms with van der Waals surface area (Å²) in [5.74, 6) is 0.949. The molecular weight excluding hydrogens is 240 g/mol. The fourth-order valence-electron chi connectivity index (χ4n) is 2.31. The van der Waals surface area contributed by atoms with Gasteiger partial charge in [-0.15, -0.1) is 0 Å². The van der Waals surface area contributed by atoms with Crippen LogP contribution in [0.15, 0.2) is 12.4 Å². The molecule has 1 aliphatic heterocycles. The van der Waals surface area contributed by atoms with Crippen molar-refractivity contribution in [3.63, 3.8) is 0 Å². The van der Waals surface area contributed by atoms with Gasteiger partial charge in [-0.1, -0.05) is 13.8 Å². The zero-order valence-corrected chi connectivity index (χ0v) is 12.3. The molecule has 0 spiro atoms. The fraction of sp³-hybridized carbons (Fsp3) is 0.714. The summed E-state index contributed by atoms with van der Waals surface area (Å²) in [6, 6.07) is 0.453. The van der Waals surface area contributed by atoms with Crippen LogP contribution in [0, 0.1) is 0 Å². The first-order chi connectivity index (χ1) is 9.04. The van der Waals surface area contributed by atoms with Gasteiger partial charge in [0.15, 0.2) is 0 Å². The number of hydrogen-bond donors (Lipinski definition) is 1. The molecule has 2 unspecified atom stereocenters. The van der Waals surface area contributed by atoms with Crippen molar-refractivity contribution in [1.82, 2.24) is 15.3 Å². The third-order valence-electron chi connectivity index (χ3n) is 3.11. The summed E-state index contributed by atoms with van der Waals surface area (Å²) in [6.45, 7) is 11.0. The first-order valence-corrected chi connectivity index (χ1v) is 6.99. The minimum atomic E-state index is 0.239. The lowest BCUT2D eigenvalue weighted by Gasteiger charge is -2.36. The zero-order valence-electron chi connectivity index (χ0n) is 12.3. The summed E-state index contributed by atoms with van der Waals surface area (Å²) in [5, 5.41) is 3.36. The van der Waals surface area contributed by atoms with Crippen molar-refractivity contribution in [2.24, 2.45) is 0 Å². The molecule has 1 saturated heterocycles. The minimum Gasteiger partial charge on any atom is -0.372 e. The lowest BCUT2D eigenvalue weighted by atomic mass is 10.2. The Bertz CT molecular complexity index is 400. The van der Waals surface area contributed by atoms with Crippen LogP contribution >= 0.6 is 0 Å². The summed E-state index contributed by atoms with van der Waals surface area (Å²) >= 11 is 0. The maximum Gasteiger partial charge on any atom is 0.147 e. The number of rotatable bonds is 4. The molecule has 1 fully saturated rings. The standard InChI is InChI=1S/C14H24N4O/c1-10(2)16-6-13-5-15-7-14(17-13)18-8-11(3)19-12(4)9-18/h5,7,10-12,16H,6,8-9H2,1-4H3. The van der Waals surface area contributed by atoms with E-state index < -0.39 is 0 Å². The Morgan fingerprint density at radius 3 is 2.63 bits per heavy atom. The second-order valence-corrected chi connectivity index (χ2v) is 5.57. The van der Waals surface area contributed by atoms with Crippen LogP contribution in [0.1, 0.15) is 33.4 Å². The lowest BCUT2D eigenvalue weighted by molar-refractivity contribution is -0.00549. The third kappa shape index (κ3) is 4.14. The number of ether oxygens (including phenoxy) is 1. The van der Waals surface area contributed by atoms with E-state index in [-0.39, 0.29) is 12.2 Å². The van der Waals surface area contributed by atoms with E-state index >= 15 is 0 Å². The van der Waals surface area contributed by atoms with Gasteiger partial charge in [-0.3, -0.25) is 4.98 Å². The highest BCUT2D eigenvalue weighted by molar-refractivity contribution is 5.37. The van der Waals surface area contributed by atoms with Crippen LogP contribution in [0.4, 0.5) is 5.82 Å². The molecule has 1 aromatic heterocycles. The monoisotopic (exact) mass is 264 g/mol. The molecule has 0 radical (unpaired) electrons. The van der Waals surface area contributed by atoms with Gasteiger partial charge >= 0.3 is 0 Å². The van der Waals surface area contributed by atoms with Crippen LogP contribution in [-0.2, 0) is 11.3 Å². The second-order valence-electron chi connectivity index (χ2n) is 5.57. The normalized spacial score (nSPS) is 23.9. The summed E-state index contributed by atoms with van der Waals surface area (Å²) < 4.78 is 5.74. The van der Waals surface area contributed by atoms with Gasteiger partial charge in [0.05, 0.1) is 24.1 Å². The van der Waals surface area contributed by atoms with Crippen molar-refractivity contribution in [3.05, 3.63) is 18.1 Å². The summed E-state index contributed by atoms with van der Waals surface area (Å²) in [4.78, 5) is 11.2. The number of hydrogen-bond acceptors (Lipinski definition) is 5. The molecule has 5 nitrogen and oxygen atoms in total. The highest BCUT2D eigenvalue weighted by Crippen LogP contribution is 2.17. The number of nitrogens with zero attached hydrogens (tertiary/aromatic N) is 3. The maximum atomic E-state index is 5.74. The molecule has 2 heterocycles. The van der Waals surface area contributed by atoms with Crippen molar-refractivity contribution < 1.29 is 4.74 Å². The molecule has 1 aliphatic rings. The van der Waals surface area contributed by atoms with Gasteiger partial charge in [-0.2, -0.15) is 0 Å². The Morgan fingerprint density at radius 1 is 1.32 bits per heavy atom. The molecule has 0 saturated carbocycles. The predicted octanol–water partition coefficient (Wildman–Crippen LogP) is 1.59. The van der Waals surface area contributed by atoms with E-state index in [9.17, 15) is 0 Å². The van der Waals surface area contributed by atoms with Gasteiger partial charge < -0.3 is 15.0 Å².